The van der Waals surface area contributed by atoms with Crippen LogP contribution in [0.4, 0.5) is 13.2 Å². The number of carbonyl (C=O) groups is 2. The number of methoxy groups -OCH3 is 1. The van der Waals surface area contributed by atoms with Gasteiger partial charge in [0.2, 0.25) is 0 Å². The molecule has 4 aromatic carbocycles. The molecule has 1 amide bonds. The summed E-state index contributed by atoms with van der Waals surface area (Å²) in [6.45, 7) is 0. The lowest BCUT2D eigenvalue weighted by molar-refractivity contribution is -0.141. The first kappa shape index (κ1) is 25.7. The number of hydrogen-bond acceptors (Lipinski definition) is 3. The average molecular weight is 504 g/mol. The number of alkyl halides is 3. The predicted molar refractivity (Wildman–Crippen MR) is 136 cm³/mol. The Morgan fingerprint density at radius 2 is 1.22 bits per heavy atom. The number of benzene rings is 4. The summed E-state index contributed by atoms with van der Waals surface area (Å²) in [5.74, 6) is -0.852. The van der Waals surface area contributed by atoms with Crippen molar-refractivity contribution in [3.63, 3.8) is 0 Å². The van der Waals surface area contributed by atoms with Gasteiger partial charge in [-0.2, -0.15) is 13.2 Å². The highest BCUT2D eigenvalue weighted by molar-refractivity contribution is 5.95. The second kappa shape index (κ2) is 11.1. The number of amides is 1. The summed E-state index contributed by atoms with van der Waals surface area (Å²) in [5.41, 5.74) is 3.71. The van der Waals surface area contributed by atoms with Crippen LogP contribution in [0.3, 0.4) is 0 Å². The number of halogens is 3. The van der Waals surface area contributed by atoms with E-state index in [-0.39, 0.29) is 12.3 Å². The van der Waals surface area contributed by atoms with Gasteiger partial charge in [-0.1, -0.05) is 78.9 Å². The quantitative estimate of drug-likeness (QED) is 0.274. The van der Waals surface area contributed by atoms with Crippen molar-refractivity contribution in [1.29, 1.82) is 0 Å². The van der Waals surface area contributed by atoms with Crippen LogP contribution in [0.15, 0.2) is 103 Å². The Bertz CT molecular complexity index is 1350. The summed E-state index contributed by atoms with van der Waals surface area (Å²) >= 11 is 0. The normalized spacial score (nSPS) is 12.0. The van der Waals surface area contributed by atoms with Gasteiger partial charge in [0.25, 0.3) is 5.91 Å². The third kappa shape index (κ3) is 6.44. The number of rotatable bonds is 7. The van der Waals surface area contributed by atoms with E-state index in [1.807, 2.05) is 54.6 Å². The Morgan fingerprint density at radius 3 is 1.73 bits per heavy atom. The summed E-state index contributed by atoms with van der Waals surface area (Å²) < 4.78 is 43.3. The monoisotopic (exact) mass is 503 g/mol. The lowest BCUT2D eigenvalue weighted by Gasteiger charge is -2.19. The topological polar surface area (TPSA) is 55.4 Å². The van der Waals surface area contributed by atoms with Gasteiger partial charge < -0.3 is 10.1 Å². The maximum absolute atomic E-state index is 13.0. The third-order valence-electron chi connectivity index (χ3n) is 6.02. The SMILES string of the molecule is COC(=O)CC(NC(=O)c1ccc(-c2ccc(C(F)(F)F)cc2)cc1)c1ccc(-c2ccccc2)cc1. The van der Waals surface area contributed by atoms with Crippen molar-refractivity contribution in [3.8, 4) is 22.3 Å². The fraction of sp³-hybridized carbons (Fsp3) is 0.133. The van der Waals surface area contributed by atoms with Crippen LogP contribution >= 0.6 is 0 Å². The van der Waals surface area contributed by atoms with Crippen molar-refractivity contribution in [2.24, 2.45) is 0 Å². The number of nitrogens with one attached hydrogen (secondary N) is 1. The zero-order valence-electron chi connectivity index (χ0n) is 20.0. The number of hydrogen-bond donors (Lipinski definition) is 1. The Morgan fingerprint density at radius 1 is 0.730 bits per heavy atom. The van der Waals surface area contributed by atoms with Crippen molar-refractivity contribution in [3.05, 3.63) is 120 Å². The van der Waals surface area contributed by atoms with Crippen molar-refractivity contribution < 1.29 is 27.5 Å². The van der Waals surface area contributed by atoms with Gasteiger partial charge in [0, 0.05) is 5.56 Å². The van der Waals surface area contributed by atoms with Crippen LogP contribution in [-0.2, 0) is 15.7 Å². The van der Waals surface area contributed by atoms with Crippen LogP contribution in [0, 0.1) is 0 Å². The second-order valence-electron chi connectivity index (χ2n) is 8.45. The van der Waals surface area contributed by atoms with Crippen molar-refractivity contribution in [2.45, 2.75) is 18.6 Å². The minimum atomic E-state index is -4.40. The van der Waals surface area contributed by atoms with Crippen molar-refractivity contribution >= 4 is 11.9 Å². The van der Waals surface area contributed by atoms with Crippen LogP contribution < -0.4 is 5.32 Å². The largest absolute Gasteiger partial charge is 0.469 e. The molecule has 0 aromatic heterocycles. The van der Waals surface area contributed by atoms with Gasteiger partial charge in [0.1, 0.15) is 0 Å². The summed E-state index contributed by atoms with van der Waals surface area (Å²) in [6.07, 6.45) is -4.44. The van der Waals surface area contributed by atoms with E-state index in [4.69, 9.17) is 4.74 Å². The van der Waals surface area contributed by atoms with Gasteiger partial charge in [-0.3, -0.25) is 9.59 Å². The van der Waals surface area contributed by atoms with E-state index < -0.39 is 23.8 Å². The molecule has 7 heteroatoms. The first-order chi connectivity index (χ1) is 17.7. The molecule has 0 spiro atoms. The van der Waals surface area contributed by atoms with Crippen LogP contribution in [0.1, 0.15) is 33.9 Å². The van der Waals surface area contributed by atoms with Gasteiger partial charge in [-0.25, -0.2) is 0 Å². The Kier molecular flexibility index (Phi) is 7.72. The molecule has 37 heavy (non-hydrogen) atoms. The Hall–Kier alpha value is -4.39. The van der Waals surface area contributed by atoms with E-state index in [0.717, 1.165) is 28.8 Å². The third-order valence-corrected chi connectivity index (χ3v) is 6.02. The Balaban J connectivity index is 1.50. The summed E-state index contributed by atoms with van der Waals surface area (Å²) in [5, 5.41) is 2.89. The first-order valence-electron chi connectivity index (χ1n) is 11.6. The van der Waals surface area contributed by atoms with Crippen LogP contribution in [0.25, 0.3) is 22.3 Å². The van der Waals surface area contributed by atoms with Gasteiger partial charge in [0.05, 0.1) is 25.1 Å². The molecular formula is C30H24F3NO3. The van der Waals surface area contributed by atoms with E-state index in [9.17, 15) is 22.8 Å². The van der Waals surface area contributed by atoms with E-state index >= 15 is 0 Å². The average Bonchev–Trinajstić information content (AvgIpc) is 2.93. The van der Waals surface area contributed by atoms with E-state index in [0.29, 0.717) is 16.7 Å². The molecule has 0 bridgehead atoms. The van der Waals surface area contributed by atoms with Crippen LogP contribution in [-0.4, -0.2) is 19.0 Å². The molecule has 1 unspecified atom stereocenters. The minimum Gasteiger partial charge on any atom is -0.469 e. The highest BCUT2D eigenvalue weighted by Crippen LogP contribution is 2.31. The lowest BCUT2D eigenvalue weighted by atomic mass is 9.98. The van der Waals surface area contributed by atoms with Crippen LogP contribution in [0.5, 0.6) is 0 Å². The van der Waals surface area contributed by atoms with Gasteiger partial charge >= 0.3 is 12.1 Å². The second-order valence-corrected chi connectivity index (χ2v) is 8.45. The van der Waals surface area contributed by atoms with E-state index in [1.165, 1.54) is 19.2 Å². The highest BCUT2D eigenvalue weighted by atomic mass is 19.4. The fourth-order valence-electron chi connectivity index (χ4n) is 3.95. The maximum Gasteiger partial charge on any atom is 0.416 e. The van der Waals surface area contributed by atoms with Gasteiger partial charge in [-0.15, -0.1) is 0 Å². The number of esters is 1. The molecule has 1 N–H and O–H groups in total. The zero-order chi connectivity index (χ0) is 26.4. The number of carbonyl (C=O) groups excluding carboxylic acids is 2. The predicted octanol–water partition coefficient (Wildman–Crippen LogP) is 7.07. The molecule has 0 aliphatic carbocycles. The Labute approximate surface area is 212 Å². The fourth-order valence-corrected chi connectivity index (χ4v) is 3.95. The minimum absolute atomic E-state index is 0.0451. The smallest absolute Gasteiger partial charge is 0.416 e. The summed E-state index contributed by atoms with van der Waals surface area (Å²) in [4.78, 5) is 25.0. The molecule has 0 saturated carbocycles. The maximum atomic E-state index is 13.0. The summed E-state index contributed by atoms with van der Waals surface area (Å²) in [6, 6.07) is 28.2. The molecular weight excluding hydrogens is 479 g/mol. The van der Waals surface area contributed by atoms with Crippen molar-refractivity contribution in [1.82, 2.24) is 5.32 Å². The molecule has 0 radical (unpaired) electrons. The first-order valence-corrected chi connectivity index (χ1v) is 11.6. The van der Waals surface area contributed by atoms with Gasteiger partial charge in [-0.05, 0) is 52.1 Å². The zero-order valence-corrected chi connectivity index (χ0v) is 20.0. The molecule has 0 fully saturated rings. The molecule has 4 rings (SSSR count). The van der Waals surface area contributed by atoms with E-state index in [2.05, 4.69) is 5.32 Å². The van der Waals surface area contributed by atoms with Crippen molar-refractivity contribution in [2.75, 3.05) is 7.11 Å². The molecule has 0 saturated heterocycles. The standard InChI is InChI=1S/C30H24F3NO3/c1-37-28(35)19-27(24-11-7-21(8-12-24)20-5-3-2-4-6-20)34-29(36)25-13-9-22(10-14-25)23-15-17-26(18-16-23)30(31,32)33/h2-18,27H,19H2,1H3,(H,34,36). The molecule has 0 aliphatic heterocycles. The summed E-state index contributed by atoms with van der Waals surface area (Å²) in [7, 11) is 1.29. The molecule has 0 aliphatic rings. The van der Waals surface area contributed by atoms with E-state index in [1.54, 1.807) is 24.3 Å². The molecule has 188 valence electrons. The number of ether oxygens (including phenoxy) is 1. The van der Waals surface area contributed by atoms with Gasteiger partial charge in [0.15, 0.2) is 0 Å². The highest BCUT2D eigenvalue weighted by Gasteiger charge is 2.30. The lowest BCUT2D eigenvalue weighted by Crippen LogP contribution is -2.30. The molecule has 1 atom stereocenters. The molecule has 4 nitrogen and oxygen atoms in total. The molecule has 4 aromatic rings. The van der Waals surface area contributed by atoms with Crippen LogP contribution in [0.2, 0.25) is 0 Å². The molecule has 0 heterocycles.